The monoisotopic (exact) mass is 699 g/mol. The first kappa shape index (κ1) is 34.8. The lowest BCUT2D eigenvalue weighted by molar-refractivity contribution is -0.142. The lowest BCUT2D eigenvalue weighted by Crippen LogP contribution is -2.56. The van der Waals surface area contributed by atoms with Crippen molar-refractivity contribution in [3.05, 3.63) is 115 Å². The number of nitrogens with zero attached hydrogens (tertiary/aromatic N) is 3. The third kappa shape index (κ3) is 5.96. The summed E-state index contributed by atoms with van der Waals surface area (Å²) in [4.78, 5) is 50.0. The first-order chi connectivity index (χ1) is 23.6. The zero-order chi connectivity index (χ0) is 34.9. The summed E-state index contributed by atoms with van der Waals surface area (Å²) < 4.78 is 4.12. The molecule has 0 aliphatic carbocycles. The maximum atomic E-state index is 15.1. The lowest BCUT2D eigenvalue weighted by atomic mass is 9.66. The number of amides is 3. The van der Waals surface area contributed by atoms with Gasteiger partial charge in [-0.3, -0.25) is 14.4 Å². The van der Waals surface area contributed by atoms with Gasteiger partial charge in [-0.05, 0) is 80.8 Å². The van der Waals surface area contributed by atoms with Gasteiger partial charge in [0, 0.05) is 34.2 Å². The van der Waals surface area contributed by atoms with Crippen molar-refractivity contribution < 1.29 is 24.2 Å². The van der Waals surface area contributed by atoms with E-state index in [0.29, 0.717) is 47.2 Å². The van der Waals surface area contributed by atoms with E-state index >= 15 is 9.59 Å². The van der Waals surface area contributed by atoms with Gasteiger partial charge in [0.2, 0.25) is 11.8 Å². The number of carbonyl (C=O) groups is 3. The summed E-state index contributed by atoms with van der Waals surface area (Å²) >= 11 is 7.81. The maximum absolute atomic E-state index is 15.1. The number of carbonyl (C=O) groups excluding carboxylic acids is 3. The highest BCUT2D eigenvalue weighted by atomic mass is 35.5. The molecule has 3 amide bonds. The van der Waals surface area contributed by atoms with Crippen LogP contribution in [0.4, 0.5) is 11.4 Å². The number of aliphatic hydroxyl groups excluding tert-OH is 1. The molecule has 0 radical (unpaired) electrons. The summed E-state index contributed by atoms with van der Waals surface area (Å²) in [5.41, 5.74) is 2.00. The number of fused-ring (bicyclic) bond motifs is 1. The Morgan fingerprint density at radius 1 is 0.980 bits per heavy atom. The van der Waals surface area contributed by atoms with Crippen LogP contribution in [0.1, 0.15) is 38.3 Å². The van der Waals surface area contributed by atoms with Crippen molar-refractivity contribution >= 4 is 52.5 Å². The van der Waals surface area contributed by atoms with Gasteiger partial charge >= 0.3 is 0 Å². The largest absolute Gasteiger partial charge is 0.494 e. The summed E-state index contributed by atoms with van der Waals surface area (Å²) in [5.74, 6) is -1.58. The van der Waals surface area contributed by atoms with E-state index in [4.69, 9.17) is 16.3 Å². The van der Waals surface area contributed by atoms with Crippen molar-refractivity contribution in [3.63, 3.8) is 0 Å². The molecule has 8 nitrogen and oxygen atoms in total. The second-order valence-electron chi connectivity index (χ2n) is 13.0. The molecule has 49 heavy (non-hydrogen) atoms. The highest BCUT2D eigenvalue weighted by Crippen LogP contribution is 2.72. The summed E-state index contributed by atoms with van der Waals surface area (Å²) in [6, 6.07) is 21.9. The van der Waals surface area contributed by atoms with Crippen molar-refractivity contribution in [1.29, 1.82) is 0 Å². The Morgan fingerprint density at radius 2 is 1.57 bits per heavy atom. The first-order valence-corrected chi connectivity index (χ1v) is 17.8. The van der Waals surface area contributed by atoms with E-state index in [0.717, 1.165) is 0 Å². The number of aliphatic hydroxyl groups is 1. The van der Waals surface area contributed by atoms with Crippen LogP contribution in [-0.2, 0) is 14.4 Å². The van der Waals surface area contributed by atoms with Crippen LogP contribution < -0.4 is 14.5 Å². The molecule has 3 saturated heterocycles. The topological polar surface area (TPSA) is 90.4 Å². The van der Waals surface area contributed by atoms with Crippen molar-refractivity contribution in [1.82, 2.24) is 4.90 Å². The number of rotatable bonds is 13. The number of likely N-dealkylation sites (tertiary alicyclic amines) is 1. The van der Waals surface area contributed by atoms with Gasteiger partial charge < -0.3 is 24.5 Å². The summed E-state index contributed by atoms with van der Waals surface area (Å²) in [6.45, 7) is 12.4. The van der Waals surface area contributed by atoms with Gasteiger partial charge in [-0.15, -0.1) is 24.9 Å². The molecule has 256 valence electrons. The van der Waals surface area contributed by atoms with Gasteiger partial charge in [0.1, 0.15) is 11.8 Å². The number of thioether (sulfide) groups is 1. The highest BCUT2D eigenvalue weighted by Gasteiger charge is 2.78. The number of benzene rings is 3. The molecule has 6 rings (SSSR count). The molecular weight excluding hydrogens is 658 g/mol. The van der Waals surface area contributed by atoms with Crippen LogP contribution in [0.15, 0.2) is 104 Å². The summed E-state index contributed by atoms with van der Waals surface area (Å²) in [6.07, 6.45) is 4.55. The van der Waals surface area contributed by atoms with Gasteiger partial charge in [-0.25, -0.2) is 0 Å². The Kier molecular flexibility index (Phi) is 9.98. The van der Waals surface area contributed by atoms with E-state index in [9.17, 15) is 9.90 Å². The second-order valence-corrected chi connectivity index (χ2v) is 15.3. The van der Waals surface area contributed by atoms with E-state index in [2.05, 4.69) is 20.1 Å². The van der Waals surface area contributed by atoms with Gasteiger partial charge in [-0.2, -0.15) is 0 Å². The Bertz CT molecular complexity index is 1720. The standard InChI is InChI=1S/C39H42ClN3O5S/c1-5-23-41(29-17-19-30(20-18-29)48-7-3)35(45)32-33-36(46)43(31(25-44)26-11-9-8-10-12-26)34(39(33)22-21-38(32,4)49-39)37(47)42(24-6-2)28-15-13-27(40)14-16-28/h5-6,8-20,31-34,44H,1-2,7,21-25H2,3-4H3/t31-,32+,33+,34?,38-,39?/m1/s1. The van der Waals surface area contributed by atoms with Crippen LogP contribution in [0.2, 0.25) is 5.02 Å². The van der Waals surface area contributed by atoms with E-state index in [1.54, 1.807) is 62.9 Å². The van der Waals surface area contributed by atoms with Gasteiger partial charge in [0.05, 0.1) is 35.8 Å². The number of hydrogen-bond donors (Lipinski definition) is 1. The third-order valence-corrected chi connectivity index (χ3v) is 12.4. The molecule has 2 bridgehead atoms. The minimum absolute atomic E-state index is 0.187. The number of hydrogen-bond acceptors (Lipinski definition) is 6. The minimum atomic E-state index is -0.957. The molecule has 3 aromatic rings. The fourth-order valence-electron chi connectivity index (χ4n) is 8.11. The Morgan fingerprint density at radius 3 is 2.14 bits per heavy atom. The van der Waals surface area contributed by atoms with Gasteiger partial charge in [0.15, 0.2) is 0 Å². The SMILES string of the molecule is C=CCN(C(=O)C1N([C@H](CO)c2ccccc2)C(=O)[C@@H]2[C@@H](C(=O)N(CC=C)c3ccc(OCC)cc3)[C@@]3(C)CCC12S3)c1ccc(Cl)cc1. The third-order valence-electron chi connectivity index (χ3n) is 10.2. The molecule has 0 aromatic heterocycles. The van der Waals surface area contributed by atoms with Gasteiger partial charge in [-0.1, -0.05) is 54.1 Å². The van der Waals surface area contributed by atoms with Crippen molar-refractivity contribution in [2.45, 2.75) is 48.3 Å². The van der Waals surface area contributed by atoms with Crippen molar-refractivity contribution in [2.24, 2.45) is 11.8 Å². The van der Waals surface area contributed by atoms with Crippen molar-refractivity contribution in [3.8, 4) is 5.75 Å². The Hall–Kier alpha value is -4.05. The summed E-state index contributed by atoms with van der Waals surface area (Å²) in [7, 11) is 0. The maximum Gasteiger partial charge on any atom is 0.251 e. The van der Waals surface area contributed by atoms with Crippen LogP contribution >= 0.6 is 23.4 Å². The molecule has 1 spiro atoms. The summed E-state index contributed by atoms with van der Waals surface area (Å²) in [5, 5.41) is 11.5. The smallest absolute Gasteiger partial charge is 0.251 e. The number of anilines is 2. The number of ether oxygens (including phenoxy) is 1. The molecule has 3 aromatic carbocycles. The predicted molar refractivity (Wildman–Crippen MR) is 196 cm³/mol. The van der Waals surface area contributed by atoms with Gasteiger partial charge in [0.25, 0.3) is 5.91 Å². The Balaban J connectivity index is 1.47. The molecular formula is C39H42ClN3O5S. The molecule has 1 N–H and O–H groups in total. The van der Waals surface area contributed by atoms with Crippen LogP contribution in [0, 0.1) is 11.8 Å². The van der Waals surface area contributed by atoms with Crippen LogP contribution in [0.25, 0.3) is 0 Å². The Labute approximate surface area is 297 Å². The van der Waals surface area contributed by atoms with Crippen LogP contribution in [0.3, 0.4) is 0 Å². The van der Waals surface area contributed by atoms with E-state index < -0.39 is 33.4 Å². The predicted octanol–water partition coefficient (Wildman–Crippen LogP) is 6.69. The molecule has 3 heterocycles. The van der Waals surface area contributed by atoms with E-state index in [1.807, 2.05) is 61.5 Å². The van der Waals surface area contributed by atoms with E-state index in [-0.39, 0.29) is 37.4 Å². The first-order valence-electron chi connectivity index (χ1n) is 16.6. The average molecular weight is 700 g/mol. The fraction of sp³-hybridized carbons (Fsp3) is 0.359. The number of halogens is 1. The molecule has 3 aliphatic rings. The van der Waals surface area contributed by atoms with E-state index in [1.165, 1.54) is 0 Å². The highest BCUT2D eigenvalue weighted by molar-refractivity contribution is 8.02. The minimum Gasteiger partial charge on any atom is -0.494 e. The zero-order valence-electron chi connectivity index (χ0n) is 27.8. The molecule has 6 atom stereocenters. The molecule has 0 saturated carbocycles. The molecule has 10 heteroatoms. The second kappa shape index (κ2) is 14.1. The average Bonchev–Trinajstić information content (AvgIpc) is 3.68. The fourth-order valence-corrected chi connectivity index (χ4v) is 10.6. The quantitative estimate of drug-likeness (QED) is 0.200. The molecule has 2 unspecified atom stereocenters. The molecule has 3 fully saturated rings. The van der Waals surface area contributed by atoms with Crippen molar-refractivity contribution in [2.75, 3.05) is 36.1 Å². The molecule has 3 aliphatic heterocycles. The normalized spacial score (nSPS) is 25.8. The zero-order valence-corrected chi connectivity index (χ0v) is 29.4. The van der Waals surface area contributed by atoms with Crippen LogP contribution in [0.5, 0.6) is 5.75 Å². The van der Waals surface area contributed by atoms with Crippen LogP contribution in [-0.4, -0.2) is 69.6 Å². The lowest BCUT2D eigenvalue weighted by Gasteiger charge is -2.39.